The van der Waals surface area contributed by atoms with Crippen LogP contribution in [0.1, 0.15) is 38.5 Å². The maximum Gasteiger partial charge on any atom is 0.132 e. The second-order valence-corrected chi connectivity index (χ2v) is 4.33. The summed E-state index contributed by atoms with van der Waals surface area (Å²) in [7, 11) is 0. The van der Waals surface area contributed by atoms with Crippen molar-refractivity contribution in [3.63, 3.8) is 0 Å². The first-order valence-corrected chi connectivity index (χ1v) is 5.45. The number of ether oxygens (including phenoxy) is 1. The summed E-state index contributed by atoms with van der Waals surface area (Å²) in [6.45, 7) is 1.88. The zero-order chi connectivity index (χ0) is 9.10. The van der Waals surface area contributed by atoms with Gasteiger partial charge in [0.2, 0.25) is 0 Å². The fourth-order valence-corrected chi connectivity index (χ4v) is 2.62. The molecule has 1 saturated heterocycles. The lowest BCUT2D eigenvalue weighted by Gasteiger charge is -2.32. The van der Waals surface area contributed by atoms with Crippen LogP contribution in [0.5, 0.6) is 0 Å². The van der Waals surface area contributed by atoms with E-state index in [4.69, 9.17) is 4.74 Å². The number of ketones is 1. The van der Waals surface area contributed by atoms with Crippen molar-refractivity contribution in [3.8, 4) is 0 Å². The lowest BCUT2D eigenvalue weighted by atomic mass is 9.76. The van der Waals surface area contributed by atoms with E-state index in [1.165, 1.54) is 12.8 Å². The Morgan fingerprint density at radius 2 is 1.46 bits per heavy atom. The molecule has 0 radical (unpaired) electrons. The molecule has 1 aliphatic carbocycles. The summed E-state index contributed by atoms with van der Waals surface area (Å²) in [6, 6.07) is 0. The molecule has 0 unspecified atom stereocenters. The minimum absolute atomic E-state index is 0.475. The summed E-state index contributed by atoms with van der Waals surface area (Å²) in [5.41, 5.74) is 0. The van der Waals surface area contributed by atoms with E-state index in [1.54, 1.807) is 0 Å². The zero-order valence-electron chi connectivity index (χ0n) is 8.13. The van der Waals surface area contributed by atoms with Gasteiger partial charge in [0.15, 0.2) is 0 Å². The topological polar surface area (TPSA) is 26.3 Å². The molecule has 0 amide bonds. The smallest absolute Gasteiger partial charge is 0.132 e. The Bertz CT molecular complexity index is 173. The molecule has 1 heterocycles. The summed E-state index contributed by atoms with van der Waals surface area (Å²) >= 11 is 0. The van der Waals surface area contributed by atoms with E-state index in [2.05, 4.69) is 0 Å². The van der Waals surface area contributed by atoms with Crippen LogP contribution < -0.4 is 0 Å². The minimum atomic E-state index is 0.475. The Kier molecular flexibility index (Phi) is 2.99. The third-order valence-electron chi connectivity index (χ3n) is 3.52. The van der Waals surface area contributed by atoms with E-state index in [9.17, 15) is 4.79 Å². The average Bonchev–Trinajstić information content (AvgIpc) is 2.20. The standard InChI is InChI=1S/C11H18O2/c12-11-3-1-9(2-4-11)10-5-7-13-8-6-10/h9-10H,1-8H2. The predicted molar refractivity (Wildman–Crippen MR) is 50.5 cm³/mol. The lowest BCUT2D eigenvalue weighted by molar-refractivity contribution is -0.121. The monoisotopic (exact) mass is 182 g/mol. The molecular formula is C11H18O2. The molecule has 0 atom stereocenters. The first-order chi connectivity index (χ1) is 6.36. The van der Waals surface area contributed by atoms with E-state index < -0.39 is 0 Å². The third-order valence-corrected chi connectivity index (χ3v) is 3.52. The first-order valence-electron chi connectivity index (χ1n) is 5.45. The SMILES string of the molecule is O=C1CCC(C2CCOCC2)CC1. The maximum absolute atomic E-state index is 11.1. The van der Waals surface area contributed by atoms with E-state index in [0.29, 0.717) is 5.78 Å². The van der Waals surface area contributed by atoms with E-state index in [0.717, 1.165) is 50.7 Å². The Morgan fingerprint density at radius 3 is 2.08 bits per heavy atom. The highest BCUT2D eigenvalue weighted by Gasteiger charge is 2.27. The van der Waals surface area contributed by atoms with E-state index in [1.807, 2.05) is 0 Å². The van der Waals surface area contributed by atoms with Crippen LogP contribution in [0.3, 0.4) is 0 Å². The van der Waals surface area contributed by atoms with Crippen LogP contribution in [0, 0.1) is 11.8 Å². The highest BCUT2D eigenvalue weighted by atomic mass is 16.5. The van der Waals surface area contributed by atoms with Crippen molar-refractivity contribution in [1.82, 2.24) is 0 Å². The van der Waals surface area contributed by atoms with Gasteiger partial charge in [0.1, 0.15) is 5.78 Å². The van der Waals surface area contributed by atoms with Crippen molar-refractivity contribution in [2.45, 2.75) is 38.5 Å². The van der Waals surface area contributed by atoms with Crippen LogP contribution in [0.25, 0.3) is 0 Å². The highest BCUT2D eigenvalue weighted by molar-refractivity contribution is 5.79. The number of hydrogen-bond donors (Lipinski definition) is 0. The Hall–Kier alpha value is -0.370. The number of Topliss-reactive ketones (excluding diaryl/α,β-unsaturated/α-hetero) is 1. The molecule has 0 spiro atoms. The number of hydrogen-bond acceptors (Lipinski definition) is 2. The second kappa shape index (κ2) is 4.23. The van der Waals surface area contributed by atoms with Gasteiger partial charge in [-0.05, 0) is 37.5 Å². The van der Waals surface area contributed by atoms with Crippen molar-refractivity contribution in [2.24, 2.45) is 11.8 Å². The molecule has 0 aromatic heterocycles. The fraction of sp³-hybridized carbons (Fsp3) is 0.909. The molecular weight excluding hydrogens is 164 g/mol. The molecule has 1 aliphatic heterocycles. The highest BCUT2D eigenvalue weighted by Crippen LogP contribution is 2.33. The number of carbonyl (C=O) groups excluding carboxylic acids is 1. The first kappa shape index (κ1) is 9.20. The van der Waals surface area contributed by atoms with Gasteiger partial charge in [0, 0.05) is 26.1 Å². The molecule has 2 nitrogen and oxygen atoms in total. The lowest BCUT2D eigenvalue weighted by Crippen LogP contribution is -2.26. The molecule has 13 heavy (non-hydrogen) atoms. The van der Waals surface area contributed by atoms with E-state index >= 15 is 0 Å². The van der Waals surface area contributed by atoms with Crippen molar-refractivity contribution in [3.05, 3.63) is 0 Å². The molecule has 0 aromatic carbocycles. The maximum atomic E-state index is 11.1. The molecule has 1 saturated carbocycles. The van der Waals surface area contributed by atoms with Gasteiger partial charge in [-0.25, -0.2) is 0 Å². The molecule has 2 heteroatoms. The number of carbonyl (C=O) groups is 1. The average molecular weight is 182 g/mol. The minimum Gasteiger partial charge on any atom is -0.381 e. The Labute approximate surface area is 79.7 Å². The summed E-state index contributed by atoms with van der Waals surface area (Å²) in [6.07, 6.45) is 6.40. The van der Waals surface area contributed by atoms with Gasteiger partial charge in [-0.15, -0.1) is 0 Å². The molecule has 0 aromatic rings. The summed E-state index contributed by atoms with van der Waals surface area (Å²) < 4.78 is 5.34. The Morgan fingerprint density at radius 1 is 0.923 bits per heavy atom. The summed E-state index contributed by atoms with van der Waals surface area (Å²) in [5.74, 6) is 2.15. The van der Waals surface area contributed by atoms with Crippen molar-refractivity contribution in [1.29, 1.82) is 0 Å². The van der Waals surface area contributed by atoms with Gasteiger partial charge in [0.25, 0.3) is 0 Å². The zero-order valence-corrected chi connectivity index (χ0v) is 8.13. The van der Waals surface area contributed by atoms with E-state index in [-0.39, 0.29) is 0 Å². The van der Waals surface area contributed by atoms with Crippen LogP contribution >= 0.6 is 0 Å². The van der Waals surface area contributed by atoms with Crippen molar-refractivity contribution >= 4 is 5.78 Å². The van der Waals surface area contributed by atoms with Gasteiger partial charge in [0.05, 0.1) is 0 Å². The molecule has 2 rings (SSSR count). The van der Waals surface area contributed by atoms with Gasteiger partial charge in [-0.1, -0.05) is 0 Å². The summed E-state index contributed by atoms with van der Waals surface area (Å²) in [5, 5.41) is 0. The molecule has 2 fully saturated rings. The van der Waals surface area contributed by atoms with Crippen molar-refractivity contribution < 1.29 is 9.53 Å². The summed E-state index contributed by atoms with van der Waals surface area (Å²) in [4.78, 5) is 11.1. The van der Waals surface area contributed by atoms with Gasteiger partial charge < -0.3 is 4.74 Å². The molecule has 2 aliphatic rings. The largest absolute Gasteiger partial charge is 0.381 e. The predicted octanol–water partition coefficient (Wildman–Crippen LogP) is 2.17. The van der Waals surface area contributed by atoms with Gasteiger partial charge in [-0.3, -0.25) is 4.79 Å². The molecule has 0 N–H and O–H groups in total. The molecule has 74 valence electrons. The molecule has 0 bridgehead atoms. The van der Waals surface area contributed by atoms with Crippen LogP contribution in [-0.4, -0.2) is 19.0 Å². The fourth-order valence-electron chi connectivity index (χ4n) is 2.62. The Balaban J connectivity index is 1.82. The third kappa shape index (κ3) is 2.31. The van der Waals surface area contributed by atoms with Crippen LogP contribution in [0.4, 0.5) is 0 Å². The second-order valence-electron chi connectivity index (χ2n) is 4.33. The van der Waals surface area contributed by atoms with Crippen LogP contribution in [-0.2, 0) is 9.53 Å². The van der Waals surface area contributed by atoms with Gasteiger partial charge in [-0.2, -0.15) is 0 Å². The van der Waals surface area contributed by atoms with Crippen LogP contribution in [0.2, 0.25) is 0 Å². The van der Waals surface area contributed by atoms with Gasteiger partial charge >= 0.3 is 0 Å². The van der Waals surface area contributed by atoms with Crippen molar-refractivity contribution in [2.75, 3.05) is 13.2 Å². The normalized spacial score (nSPS) is 27.8. The van der Waals surface area contributed by atoms with Crippen LogP contribution in [0.15, 0.2) is 0 Å². The quantitative estimate of drug-likeness (QED) is 0.621. The number of rotatable bonds is 1.